The summed E-state index contributed by atoms with van der Waals surface area (Å²) in [5, 5.41) is 2.53. The number of benzene rings is 3. The first-order valence-electron chi connectivity index (χ1n) is 7.74. The highest BCUT2D eigenvalue weighted by Crippen LogP contribution is 2.33. The zero-order chi connectivity index (χ0) is 16.0. The average molecular weight is 299 g/mol. The van der Waals surface area contributed by atoms with E-state index >= 15 is 0 Å². The molecule has 0 aliphatic rings. The van der Waals surface area contributed by atoms with Gasteiger partial charge in [0.15, 0.2) is 0 Å². The van der Waals surface area contributed by atoms with Gasteiger partial charge in [-0.05, 0) is 62.4 Å². The summed E-state index contributed by atoms with van der Waals surface area (Å²) in [5.74, 6) is 0. The van der Waals surface area contributed by atoms with Crippen molar-refractivity contribution in [3.05, 3.63) is 77.4 Å². The van der Waals surface area contributed by atoms with Crippen LogP contribution >= 0.6 is 0 Å². The molecule has 1 aromatic heterocycles. The van der Waals surface area contributed by atoms with E-state index in [1.807, 2.05) is 24.3 Å². The lowest BCUT2D eigenvalue weighted by Gasteiger charge is -2.08. The van der Waals surface area contributed by atoms with E-state index in [-0.39, 0.29) is 0 Å². The number of fused-ring (bicyclic) bond motifs is 3. The summed E-state index contributed by atoms with van der Waals surface area (Å²) < 4.78 is 2.26. The first kappa shape index (κ1) is 13.8. The molecule has 0 amide bonds. The number of carbonyl (C=O) groups excluding carboxylic acids is 1. The maximum absolute atomic E-state index is 10.9. The fourth-order valence-electron chi connectivity index (χ4n) is 3.23. The number of aromatic nitrogens is 1. The van der Waals surface area contributed by atoms with E-state index < -0.39 is 0 Å². The van der Waals surface area contributed by atoms with Gasteiger partial charge in [0.1, 0.15) is 6.29 Å². The molecule has 0 fully saturated rings. The summed E-state index contributed by atoms with van der Waals surface area (Å²) in [5.41, 5.74) is 6.67. The average Bonchev–Trinajstić information content (AvgIpc) is 2.88. The predicted octanol–water partition coefficient (Wildman–Crippen LogP) is 5.21. The monoisotopic (exact) mass is 299 g/mol. The largest absolute Gasteiger partial charge is 0.309 e. The van der Waals surface area contributed by atoms with Gasteiger partial charge in [-0.25, -0.2) is 0 Å². The summed E-state index contributed by atoms with van der Waals surface area (Å²) >= 11 is 0. The van der Waals surface area contributed by atoms with E-state index in [9.17, 15) is 4.79 Å². The van der Waals surface area contributed by atoms with Crippen LogP contribution < -0.4 is 0 Å². The van der Waals surface area contributed by atoms with Crippen LogP contribution in [0.25, 0.3) is 27.5 Å². The van der Waals surface area contributed by atoms with Gasteiger partial charge < -0.3 is 4.57 Å². The van der Waals surface area contributed by atoms with Crippen LogP contribution in [0.1, 0.15) is 21.5 Å². The molecule has 0 aliphatic carbocycles. The van der Waals surface area contributed by atoms with Crippen LogP contribution in [-0.2, 0) is 0 Å². The fourth-order valence-corrected chi connectivity index (χ4v) is 3.23. The SMILES string of the molecule is Cc1ccc2c(c1)c1cc(C)ccc1n2-c1ccc(C=O)cc1. The Kier molecular flexibility index (Phi) is 3.05. The van der Waals surface area contributed by atoms with E-state index in [0.717, 1.165) is 12.0 Å². The topological polar surface area (TPSA) is 22.0 Å². The molecule has 4 aromatic rings. The maximum atomic E-state index is 10.9. The van der Waals surface area contributed by atoms with E-state index in [2.05, 4.69) is 54.8 Å². The number of aldehydes is 1. The summed E-state index contributed by atoms with van der Waals surface area (Å²) in [6.07, 6.45) is 0.877. The van der Waals surface area contributed by atoms with Crippen molar-refractivity contribution in [2.24, 2.45) is 0 Å². The molecule has 0 aliphatic heterocycles. The third-order valence-corrected chi connectivity index (χ3v) is 4.36. The Bertz CT molecular complexity index is 980. The molecule has 0 saturated heterocycles. The van der Waals surface area contributed by atoms with Gasteiger partial charge in [0, 0.05) is 22.0 Å². The Labute approximate surface area is 135 Å². The van der Waals surface area contributed by atoms with Crippen LogP contribution in [0.5, 0.6) is 0 Å². The third kappa shape index (κ3) is 2.15. The second kappa shape index (κ2) is 5.10. The lowest BCUT2D eigenvalue weighted by molar-refractivity contribution is 0.112. The van der Waals surface area contributed by atoms with Gasteiger partial charge in [-0.2, -0.15) is 0 Å². The Morgan fingerprint density at radius 2 is 1.26 bits per heavy atom. The van der Waals surface area contributed by atoms with Crippen molar-refractivity contribution in [3.8, 4) is 5.69 Å². The molecule has 112 valence electrons. The van der Waals surface area contributed by atoms with Gasteiger partial charge in [-0.15, -0.1) is 0 Å². The van der Waals surface area contributed by atoms with Gasteiger partial charge in [0.05, 0.1) is 11.0 Å². The molecule has 23 heavy (non-hydrogen) atoms. The minimum Gasteiger partial charge on any atom is -0.309 e. The molecule has 3 aromatic carbocycles. The molecular formula is C21H17NO. The maximum Gasteiger partial charge on any atom is 0.150 e. The molecule has 4 rings (SSSR count). The number of aryl methyl sites for hydroxylation is 2. The van der Waals surface area contributed by atoms with Crippen LogP contribution in [-0.4, -0.2) is 10.9 Å². The van der Waals surface area contributed by atoms with Crippen LogP contribution in [0.4, 0.5) is 0 Å². The molecular weight excluding hydrogens is 282 g/mol. The highest BCUT2D eigenvalue weighted by molar-refractivity contribution is 6.09. The second-order valence-corrected chi connectivity index (χ2v) is 6.09. The molecule has 0 spiro atoms. The minimum absolute atomic E-state index is 0.696. The van der Waals surface area contributed by atoms with Gasteiger partial charge in [0.2, 0.25) is 0 Å². The summed E-state index contributed by atoms with van der Waals surface area (Å²) in [6.45, 7) is 4.24. The standard InChI is InChI=1S/C21H17NO/c1-14-3-9-20-18(11-14)19-12-15(2)4-10-21(19)22(20)17-7-5-16(13-23)6-8-17/h3-13H,1-2H3. The molecule has 0 N–H and O–H groups in total. The smallest absolute Gasteiger partial charge is 0.150 e. The number of carbonyl (C=O) groups is 1. The molecule has 0 saturated carbocycles. The van der Waals surface area contributed by atoms with Crippen molar-refractivity contribution >= 4 is 28.1 Å². The predicted molar refractivity (Wildman–Crippen MR) is 95.6 cm³/mol. The molecule has 0 atom stereocenters. The lowest BCUT2D eigenvalue weighted by atomic mass is 10.1. The molecule has 0 unspecified atom stereocenters. The van der Waals surface area contributed by atoms with Crippen LogP contribution in [0, 0.1) is 13.8 Å². The zero-order valence-corrected chi connectivity index (χ0v) is 13.2. The van der Waals surface area contributed by atoms with Crippen molar-refractivity contribution in [1.29, 1.82) is 0 Å². The van der Waals surface area contributed by atoms with Crippen molar-refractivity contribution in [2.45, 2.75) is 13.8 Å². The van der Waals surface area contributed by atoms with Crippen LogP contribution in [0.2, 0.25) is 0 Å². The fraction of sp³-hybridized carbons (Fsp3) is 0.0952. The first-order valence-corrected chi connectivity index (χ1v) is 7.74. The van der Waals surface area contributed by atoms with Gasteiger partial charge in [-0.3, -0.25) is 4.79 Å². The second-order valence-electron chi connectivity index (χ2n) is 6.09. The Balaban J connectivity index is 2.12. The number of hydrogen-bond acceptors (Lipinski definition) is 1. The molecule has 2 nitrogen and oxygen atoms in total. The van der Waals surface area contributed by atoms with Gasteiger partial charge >= 0.3 is 0 Å². The first-order chi connectivity index (χ1) is 11.2. The van der Waals surface area contributed by atoms with Crippen molar-refractivity contribution < 1.29 is 4.79 Å². The summed E-state index contributed by atoms with van der Waals surface area (Å²) in [6, 6.07) is 20.9. The van der Waals surface area contributed by atoms with E-state index in [1.54, 1.807) is 0 Å². The Hall–Kier alpha value is -2.87. The van der Waals surface area contributed by atoms with Crippen molar-refractivity contribution in [1.82, 2.24) is 4.57 Å². The van der Waals surface area contributed by atoms with Gasteiger partial charge in [-0.1, -0.05) is 23.3 Å². The van der Waals surface area contributed by atoms with Gasteiger partial charge in [0.25, 0.3) is 0 Å². The minimum atomic E-state index is 0.696. The highest BCUT2D eigenvalue weighted by Gasteiger charge is 2.12. The van der Waals surface area contributed by atoms with E-state index in [4.69, 9.17) is 0 Å². The normalized spacial score (nSPS) is 11.2. The number of nitrogens with zero attached hydrogens (tertiary/aromatic N) is 1. The van der Waals surface area contributed by atoms with E-state index in [0.29, 0.717) is 5.56 Å². The van der Waals surface area contributed by atoms with E-state index in [1.165, 1.54) is 32.9 Å². The summed E-state index contributed by atoms with van der Waals surface area (Å²) in [4.78, 5) is 10.9. The Morgan fingerprint density at radius 3 is 1.74 bits per heavy atom. The third-order valence-electron chi connectivity index (χ3n) is 4.36. The zero-order valence-electron chi connectivity index (χ0n) is 13.2. The molecule has 0 bridgehead atoms. The molecule has 0 radical (unpaired) electrons. The highest BCUT2D eigenvalue weighted by atomic mass is 16.1. The lowest BCUT2D eigenvalue weighted by Crippen LogP contribution is -1.94. The molecule has 2 heteroatoms. The van der Waals surface area contributed by atoms with Crippen LogP contribution in [0.15, 0.2) is 60.7 Å². The number of hydrogen-bond donors (Lipinski definition) is 0. The Morgan fingerprint density at radius 1 is 0.739 bits per heavy atom. The number of rotatable bonds is 2. The van der Waals surface area contributed by atoms with Crippen molar-refractivity contribution in [2.75, 3.05) is 0 Å². The summed E-state index contributed by atoms with van der Waals surface area (Å²) in [7, 11) is 0. The van der Waals surface area contributed by atoms with Crippen LogP contribution in [0.3, 0.4) is 0 Å². The van der Waals surface area contributed by atoms with Crippen molar-refractivity contribution in [3.63, 3.8) is 0 Å². The molecule has 1 heterocycles. The quantitative estimate of drug-likeness (QED) is 0.465.